The highest BCUT2D eigenvalue weighted by molar-refractivity contribution is 5.64. The summed E-state index contributed by atoms with van der Waals surface area (Å²) in [4.78, 5) is 8.34. The molecule has 4 heteroatoms. The van der Waals surface area contributed by atoms with E-state index < -0.39 is 0 Å². The van der Waals surface area contributed by atoms with Gasteiger partial charge in [-0.1, -0.05) is 6.92 Å². The van der Waals surface area contributed by atoms with Gasteiger partial charge in [-0.25, -0.2) is 0 Å². The van der Waals surface area contributed by atoms with Crippen molar-refractivity contribution < 1.29 is 0 Å². The third-order valence-electron chi connectivity index (χ3n) is 2.50. The minimum absolute atomic E-state index is 0.543. The van der Waals surface area contributed by atoms with Gasteiger partial charge in [0.05, 0.1) is 11.3 Å². The number of nitrogens with one attached hydrogen (secondary N) is 1. The lowest BCUT2D eigenvalue weighted by Gasteiger charge is -2.06. The summed E-state index contributed by atoms with van der Waals surface area (Å²) in [7, 11) is 0. The molecule has 0 aliphatic rings. The van der Waals surface area contributed by atoms with Crippen LogP contribution in [0.1, 0.15) is 18.9 Å². The molecule has 90 valence electrons. The summed E-state index contributed by atoms with van der Waals surface area (Å²) >= 11 is 0. The molecule has 4 nitrogen and oxygen atoms in total. The molecule has 0 aliphatic heterocycles. The van der Waals surface area contributed by atoms with E-state index in [2.05, 4.69) is 28.3 Å². The largest absolute Gasteiger partial charge is 0.385 e. The predicted octanol–water partition coefficient (Wildman–Crippen LogP) is 2.84. The van der Waals surface area contributed by atoms with Crippen molar-refractivity contribution in [3.63, 3.8) is 0 Å². The fourth-order valence-electron chi connectivity index (χ4n) is 1.61. The third-order valence-corrected chi connectivity index (χ3v) is 2.50. The van der Waals surface area contributed by atoms with Crippen LogP contribution in [-0.4, -0.2) is 16.5 Å². The Balaban J connectivity index is 2.29. The van der Waals surface area contributed by atoms with E-state index >= 15 is 0 Å². The van der Waals surface area contributed by atoms with Crippen LogP contribution in [0.15, 0.2) is 36.8 Å². The molecule has 0 spiro atoms. The normalized spacial score (nSPS) is 9.78. The molecule has 1 N–H and O–H groups in total. The Morgan fingerprint density at radius 3 is 3.00 bits per heavy atom. The minimum Gasteiger partial charge on any atom is -0.385 e. The van der Waals surface area contributed by atoms with E-state index in [1.807, 2.05) is 12.1 Å². The first kappa shape index (κ1) is 12.1. The van der Waals surface area contributed by atoms with Crippen LogP contribution >= 0.6 is 0 Å². The Labute approximate surface area is 106 Å². The van der Waals surface area contributed by atoms with Crippen LogP contribution in [0.2, 0.25) is 0 Å². The molecular weight excluding hydrogens is 224 g/mol. The predicted molar refractivity (Wildman–Crippen MR) is 71.0 cm³/mol. The fourth-order valence-corrected chi connectivity index (χ4v) is 1.61. The third kappa shape index (κ3) is 2.83. The first-order valence-corrected chi connectivity index (χ1v) is 5.89. The van der Waals surface area contributed by atoms with Gasteiger partial charge in [-0.2, -0.15) is 5.26 Å². The van der Waals surface area contributed by atoms with Crippen molar-refractivity contribution in [3.8, 4) is 17.3 Å². The molecule has 0 radical (unpaired) electrons. The van der Waals surface area contributed by atoms with E-state index in [9.17, 15) is 0 Å². The van der Waals surface area contributed by atoms with Crippen LogP contribution in [-0.2, 0) is 0 Å². The second-order valence-electron chi connectivity index (χ2n) is 3.93. The molecule has 0 saturated heterocycles. The van der Waals surface area contributed by atoms with Crippen LogP contribution in [0.4, 0.5) is 5.69 Å². The molecule has 2 heterocycles. The van der Waals surface area contributed by atoms with Crippen molar-refractivity contribution >= 4 is 5.69 Å². The molecule has 0 atom stereocenters. The zero-order valence-corrected chi connectivity index (χ0v) is 10.2. The molecule has 0 bridgehead atoms. The topological polar surface area (TPSA) is 61.6 Å². The van der Waals surface area contributed by atoms with Crippen LogP contribution in [0, 0.1) is 11.3 Å². The standard InChI is InChI=1S/C14H14N4/c1-2-4-17-13-3-5-18-14(7-13)12-6-11(8-15)9-16-10-12/h3,5-7,9-10H,2,4H2,1H3,(H,17,18). The van der Waals surface area contributed by atoms with Crippen molar-refractivity contribution in [3.05, 3.63) is 42.4 Å². The highest BCUT2D eigenvalue weighted by Crippen LogP contribution is 2.20. The lowest BCUT2D eigenvalue weighted by atomic mass is 10.1. The van der Waals surface area contributed by atoms with E-state index in [0.29, 0.717) is 5.56 Å². The van der Waals surface area contributed by atoms with Gasteiger partial charge < -0.3 is 5.32 Å². The van der Waals surface area contributed by atoms with E-state index in [0.717, 1.165) is 29.9 Å². The molecule has 0 fully saturated rings. The van der Waals surface area contributed by atoms with Crippen molar-refractivity contribution in [2.75, 3.05) is 11.9 Å². The zero-order chi connectivity index (χ0) is 12.8. The van der Waals surface area contributed by atoms with Gasteiger partial charge >= 0.3 is 0 Å². The molecule has 18 heavy (non-hydrogen) atoms. The number of hydrogen-bond acceptors (Lipinski definition) is 4. The van der Waals surface area contributed by atoms with Gasteiger partial charge in [-0.05, 0) is 24.6 Å². The van der Waals surface area contributed by atoms with Crippen LogP contribution < -0.4 is 5.32 Å². The summed E-state index contributed by atoms with van der Waals surface area (Å²) in [5, 5.41) is 12.2. The summed E-state index contributed by atoms with van der Waals surface area (Å²) < 4.78 is 0. The number of hydrogen-bond donors (Lipinski definition) is 1. The van der Waals surface area contributed by atoms with Crippen molar-refractivity contribution in [2.24, 2.45) is 0 Å². The van der Waals surface area contributed by atoms with E-state index in [-0.39, 0.29) is 0 Å². The Morgan fingerprint density at radius 2 is 2.22 bits per heavy atom. The average molecular weight is 238 g/mol. The van der Waals surface area contributed by atoms with Crippen molar-refractivity contribution in [1.82, 2.24) is 9.97 Å². The van der Waals surface area contributed by atoms with Crippen LogP contribution in [0.5, 0.6) is 0 Å². The molecule has 2 aromatic heterocycles. The smallest absolute Gasteiger partial charge is 0.101 e. The molecule has 0 aliphatic carbocycles. The van der Waals surface area contributed by atoms with Gasteiger partial charge in [0.1, 0.15) is 6.07 Å². The summed E-state index contributed by atoms with van der Waals surface area (Å²) in [6.07, 6.45) is 6.09. The van der Waals surface area contributed by atoms with E-state index in [4.69, 9.17) is 5.26 Å². The fraction of sp³-hybridized carbons (Fsp3) is 0.214. The highest BCUT2D eigenvalue weighted by atomic mass is 14.9. The Morgan fingerprint density at radius 1 is 1.33 bits per heavy atom. The molecule has 0 unspecified atom stereocenters. The van der Waals surface area contributed by atoms with Gasteiger partial charge in [0.25, 0.3) is 0 Å². The quantitative estimate of drug-likeness (QED) is 0.889. The monoisotopic (exact) mass is 238 g/mol. The molecule has 2 aromatic rings. The summed E-state index contributed by atoms with van der Waals surface area (Å²) in [6, 6.07) is 7.77. The maximum atomic E-state index is 8.86. The maximum absolute atomic E-state index is 8.86. The van der Waals surface area contributed by atoms with E-state index in [1.165, 1.54) is 0 Å². The van der Waals surface area contributed by atoms with Gasteiger partial charge in [0.15, 0.2) is 0 Å². The number of nitriles is 1. The van der Waals surface area contributed by atoms with Gasteiger partial charge in [0, 0.05) is 36.4 Å². The Bertz CT molecular complexity index is 572. The van der Waals surface area contributed by atoms with Gasteiger partial charge in [-0.3, -0.25) is 9.97 Å². The lowest BCUT2D eigenvalue weighted by Crippen LogP contribution is -2.00. The Kier molecular flexibility index (Phi) is 3.87. The highest BCUT2D eigenvalue weighted by Gasteiger charge is 2.02. The summed E-state index contributed by atoms with van der Waals surface area (Å²) in [5.74, 6) is 0. The number of anilines is 1. The first-order valence-electron chi connectivity index (χ1n) is 5.89. The van der Waals surface area contributed by atoms with E-state index in [1.54, 1.807) is 24.7 Å². The SMILES string of the molecule is CCCNc1ccnc(-c2cncc(C#N)c2)c1. The molecular formula is C14H14N4. The molecule has 0 aromatic carbocycles. The average Bonchev–Trinajstić information content (AvgIpc) is 2.45. The van der Waals surface area contributed by atoms with Crippen LogP contribution in [0.25, 0.3) is 11.3 Å². The second-order valence-corrected chi connectivity index (χ2v) is 3.93. The molecule has 0 amide bonds. The lowest BCUT2D eigenvalue weighted by molar-refractivity contribution is 0.979. The number of aromatic nitrogens is 2. The minimum atomic E-state index is 0.543. The van der Waals surface area contributed by atoms with Crippen LogP contribution in [0.3, 0.4) is 0 Å². The number of rotatable bonds is 4. The number of pyridine rings is 2. The zero-order valence-electron chi connectivity index (χ0n) is 10.2. The first-order chi connectivity index (χ1) is 8.83. The van der Waals surface area contributed by atoms with Crippen molar-refractivity contribution in [1.29, 1.82) is 5.26 Å². The second kappa shape index (κ2) is 5.78. The maximum Gasteiger partial charge on any atom is 0.101 e. The van der Waals surface area contributed by atoms with Crippen molar-refractivity contribution in [2.45, 2.75) is 13.3 Å². The molecule has 0 saturated carbocycles. The van der Waals surface area contributed by atoms with Gasteiger partial charge in [-0.15, -0.1) is 0 Å². The Hall–Kier alpha value is -2.41. The summed E-state index contributed by atoms with van der Waals surface area (Å²) in [5.41, 5.74) is 3.25. The summed E-state index contributed by atoms with van der Waals surface area (Å²) in [6.45, 7) is 3.05. The van der Waals surface area contributed by atoms with Gasteiger partial charge in [0.2, 0.25) is 0 Å². The molecule has 2 rings (SSSR count). The number of nitrogens with zero attached hydrogens (tertiary/aromatic N) is 3.